The Labute approximate surface area is 234 Å². The van der Waals surface area contributed by atoms with Crippen molar-refractivity contribution in [2.75, 3.05) is 57.2 Å². The summed E-state index contributed by atoms with van der Waals surface area (Å²) < 4.78 is 52.8. The summed E-state index contributed by atoms with van der Waals surface area (Å²) in [6.45, 7) is 2.46. The summed E-state index contributed by atoms with van der Waals surface area (Å²) in [5.41, 5.74) is 5.67. The maximum atomic E-state index is 14.1. The van der Waals surface area contributed by atoms with Crippen molar-refractivity contribution in [2.24, 2.45) is 5.73 Å². The highest BCUT2D eigenvalue weighted by Crippen LogP contribution is 2.28. The van der Waals surface area contributed by atoms with Crippen molar-refractivity contribution < 1.29 is 27.1 Å². The predicted molar refractivity (Wildman–Crippen MR) is 148 cm³/mol. The van der Waals surface area contributed by atoms with Crippen molar-refractivity contribution in [1.82, 2.24) is 20.0 Å². The van der Waals surface area contributed by atoms with E-state index in [1.807, 2.05) is 7.05 Å². The molecule has 3 rings (SSSR count). The van der Waals surface area contributed by atoms with Gasteiger partial charge in [0, 0.05) is 25.0 Å². The lowest BCUT2D eigenvalue weighted by Crippen LogP contribution is -2.28. The molecule has 12 nitrogen and oxygen atoms in total. The van der Waals surface area contributed by atoms with E-state index in [1.165, 1.54) is 30.5 Å². The van der Waals surface area contributed by atoms with Crippen LogP contribution in [-0.2, 0) is 19.5 Å². The van der Waals surface area contributed by atoms with Crippen molar-refractivity contribution in [3.63, 3.8) is 0 Å². The Morgan fingerprint density at radius 3 is 2.38 bits per heavy atom. The van der Waals surface area contributed by atoms with Gasteiger partial charge in [-0.15, -0.1) is 0 Å². The number of likely N-dealkylation sites (N-methyl/N-ethyl adjacent to an activating group) is 1. The Kier molecular flexibility index (Phi) is 11.5. The van der Waals surface area contributed by atoms with Crippen LogP contribution in [0.25, 0.3) is 0 Å². The summed E-state index contributed by atoms with van der Waals surface area (Å²) in [6, 6.07) is 10.0. The molecule has 0 bridgehead atoms. The van der Waals surface area contributed by atoms with Crippen molar-refractivity contribution in [2.45, 2.75) is 4.90 Å². The van der Waals surface area contributed by atoms with E-state index in [2.05, 4.69) is 46.6 Å². The minimum Gasteiger partial charge on any atom is -0.378 e. The summed E-state index contributed by atoms with van der Waals surface area (Å²) in [5, 5.41) is 8.81. The van der Waals surface area contributed by atoms with Crippen molar-refractivity contribution in [3.8, 4) is 0 Å². The van der Waals surface area contributed by atoms with E-state index in [4.69, 9.17) is 15.2 Å². The van der Waals surface area contributed by atoms with Crippen LogP contribution in [0, 0.1) is 5.82 Å². The lowest BCUT2D eigenvalue weighted by molar-refractivity contribution is 0.0515. The molecule has 3 aromatic rings. The van der Waals surface area contributed by atoms with E-state index in [1.54, 1.807) is 12.1 Å². The molecule has 1 heterocycles. The molecule has 0 aliphatic rings. The van der Waals surface area contributed by atoms with Crippen molar-refractivity contribution in [3.05, 3.63) is 64.5 Å². The van der Waals surface area contributed by atoms with E-state index in [0.717, 1.165) is 12.6 Å². The van der Waals surface area contributed by atoms with Gasteiger partial charge in [-0.3, -0.25) is 4.79 Å². The number of aromatic nitrogens is 2. The molecule has 0 aliphatic carbocycles. The molecule has 39 heavy (non-hydrogen) atoms. The van der Waals surface area contributed by atoms with Crippen LogP contribution in [0.2, 0.25) is 0 Å². The Bertz CT molecular complexity index is 1360. The van der Waals surface area contributed by atoms with Crippen LogP contribution in [0.4, 0.5) is 27.5 Å². The van der Waals surface area contributed by atoms with Gasteiger partial charge in [0.2, 0.25) is 16.0 Å². The minimum absolute atomic E-state index is 0.0765. The predicted octanol–water partition coefficient (Wildman–Crippen LogP) is 2.50. The lowest BCUT2D eigenvalue weighted by Gasteiger charge is -2.13. The van der Waals surface area contributed by atoms with Crippen LogP contribution < -0.4 is 26.4 Å². The molecule has 0 spiro atoms. The molecule has 0 saturated carbocycles. The summed E-state index contributed by atoms with van der Waals surface area (Å²) >= 11 is 3.32. The highest BCUT2D eigenvalue weighted by atomic mass is 79.9. The van der Waals surface area contributed by atoms with E-state index in [9.17, 15) is 17.6 Å². The fourth-order valence-electron chi connectivity index (χ4n) is 3.20. The molecule has 15 heteroatoms. The second-order valence-corrected chi connectivity index (χ2v) is 10.5. The maximum absolute atomic E-state index is 14.1. The molecule has 0 fully saturated rings. The molecule has 6 N–H and O–H groups in total. The van der Waals surface area contributed by atoms with E-state index in [0.29, 0.717) is 30.0 Å². The first-order valence-corrected chi connectivity index (χ1v) is 14.0. The van der Waals surface area contributed by atoms with Gasteiger partial charge in [0.05, 0.1) is 47.0 Å². The smallest absolute Gasteiger partial charge is 0.253 e. The Hall–Kier alpha value is -3.21. The Balaban J connectivity index is 1.57. The summed E-state index contributed by atoms with van der Waals surface area (Å²) in [7, 11) is -1.89. The number of ether oxygens (including phenoxy) is 2. The van der Waals surface area contributed by atoms with E-state index < -0.39 is 21.7 Å². The summed E-state index contributed by atoms with van der Waals surface area (Å²) in [6.07, 6.45) is 1.46. The average Bonchev–Trinajstić information content (AvgIpc) is 2.90. The van der Waals surface area contributed by atoms with Gasteiger partial charge in [-0.05, 0) is 59.4 Å². The Morgan fingerprint density at radius 2 is 1.72 bits per heavy atom. The monoisotopic (exact) mass is 625 g/mol. The average molecular weight is 627 g/mol. The Morgan fingerprint density at radius 1 is 1.03 bits per heavy atom. The highest BCUT2D eigenvalue weighted by molar-refractivity contribution is 9.10. The molecule has 2 aromatic carbocycles. The number of halogens is 2. The topological polar surface area (TPSA) is 170 Å². The number of primary amides is 1. The number of hydrogen-bond donors (Lipinski definition) is 5. The zero-order chi connectivity index (χ0) is 28.3. The van der Waals surface area contributed by atoms with Gasteiger partial charge in [0.25, 0.3) is 5.91 Å². The summed E-state index contributed by atoms with van der Waals surface area (Å²) in [4.78, 5) is 20.3. The minimum atomic E-state index is -3.73. The van der Waals surface area contributed by atoms with Crippen LogP contribution in [0.5, 0.6) is 0 Å². The highest BCUT2D eigenvalue weighted by Gasteiger charge is 2.16. The van der Waals surface area contributed by atoms with Gasteiger partial charge in [-0.25, -0.2) is 22.5 Å². The molecule has 0 saturated heterocycles. The number of rotatable bonds is 16. The number of nitrogens with zero attached hydrogens (tertiary/aromatic N) is 2. The first-order chi connectivity index (χ1) is 18.7. The van der Waals surface area contributed by atoms with E-state index >= 15 is 0 Å². The van der Waals surface area contributed by atoms with Crippen LogP contribution in [0.3, 0.4) is 0 Å². The summed E-state index contributed by atoms with van der Waals surface area (Å²) in [5.74, 6) is -1.28. The van der Waals surface area contributed by atoms with Gasteiger partial charge >= 0.3 is 0 Å². The molecule has 1 amide bonds. The quantitative estimate of drug-likeness (QED) is 0.149. The number of anilines is 4. The number of nitrogens with one attached hydrogen (secondary N) is 4. The van der Waals surface area contributed by atoms with Crippen LogP contribution >= 0.6 is 15.9 Å². The van der Waals surface area contributed by atoms with E-state index in [-0.39, 0.29) is 41.1 Å². The fourth-order valence-corrected chi connectivity index (χ4v) is 4.50. The number of nitrogens with two attached hydrogens (primary N) is 1. The van der Waals surface area contributed by atoms with Crippen LogP contribution in [0.15, 0.2) is 58.0 Å². The zero-order valence-electron chi connectivity index (χ0n) is 21.0. The van der Waals surface area contributed by atoms with Gasteiger partial charge in [0.1, 0.15) is 11.6 Å². The lowest BCUT2D eigenvalue weighted by atomic mass is 10.1. The van der Waals surface area contributed by atoms with Gasteiger partial charge < -0.3 is 31.2 Å². The van der Waals surface area contributed by atoms with Crippen LogP contribution in [-0.4, -0.2) is 70.9 Å². The maximum Gasteiger partial charge on any atom is 0.253 e. The third-order valence-corrected chi connectivity index (χ3v) is 7.14. The number of carbonyl (C=O) groups excluding carboxylic acids is 1. The third-order valence-electron chi connectivity index (χ3n) is 5.08. The molecule has 0 radical (unpaired) electrons. The molecular weight excluding hydrogens is 597 g/mol. The molecule has 210 valence electrons. The molecule has 0 atom stereocenters. The number of carbonyl (C=O) groups is 1. The SMILES string of the molecule is CNCCOCCOCCNS(=O)(=O)c1ccc(Nc2ncc(Br)c(Nc3cccc(F)c3C(N)=O)n2)cc1. The van der Waals surface area contributed by atoms with Crippen molar-refractivity contribution >= 4 is 55.0 Å². The molecule has 1 aromatic heterocycles. The first-order valence-electron chi connectivity index (χ1n) is 11.8. The van der Waals surface area contributed by atoms with Gasteiger partial charge in [-0.1, -0.05) is 6.07 Å². The van der Waals surface area contributed by atoms with Gasteiger partial charge in [-0.2, -0.15) is 4.98 Å². The fraction of sp³-hybridized carbons (Fsp3) is 0.292. The normalized spacial score (nSPS) is 11.4. The molecule has 0 aliphatic heterocycles. The third kappa shape index (κ3) is 9.19. The molecule has 0 unspecified atom stereocenters. The molecular formula is C24H29BrFN7O5S. The number of sulfonamides is 1. The zero-order valence-corrected chi connectivity index (χ0v) is 23.4. The first kappa shape index (κ1) is 30.3. The second-order valence-electron chi connectivity index (χ2n) is 7.92. The van der Waals surface area contributed by atoms with Crippen molar-refractivity contribution in [1.29, 1.82) is 0 Å². The number of benzene rings is 2. The number of amides is 1. The van der Waals surface area contributed by atoms with Crippen LogP contribution in [0.1, 0.15) is 10.4 Å². The number of hydrogen-bond acceptors (Lipinski definition) is 10. The van der Waals surface area contributed by atoms with Gasteiger partial charge in [0.15, 0.2) is 0 Å². The second kappa shape index (κ2) is 14.8. The standard InChI is InChI=1S/C24H29BrFN7O5S/c1-28-9-11-37-13-14-38-12-10-30-39(35,36)17-7-5-16(6-8-17)31-24-29-15-18(25)23(33-24)32-20-4-2-3-19(26)21(20)22(27)34/h2-8,15,28,30H,9-14H2,1H3,(H2,27,34)(H2,29,31,32,33). The largest absolute Gasteiger partial charge is 0.378 e.